The molecule has 0 amide bonds. The molecule has 6 heteroatoms. The Morgan fingerprint density at radius 1 is 1.53 bits per heavy atom. The maximum atomic E-state index is 13.2. The van der Waals surface area contributed by atoms with Crippen molar-refractivity contribution in [3.05, 3.63) is 47.8 Å². The third kappa shape index (κ3) is 2.96. The van der Waals surface area contributed by atoms with Crippen molar-refractivity contribution in [2.24, 2.45) is 0 Å². The predicted octanol–water partition coefficient (Wildman–Crippen LogP) is 1.85. The van der Waals surface area contributed by atoms with Gasteiger partial charge in [-0.05, 0) is 24.6 Å². The van der Waals surface area contributed by atoms with Gasteiger partial charge in [0.25, 0.3) is 0 Å². The van der Waals surface area contributed by atoms with Crippen molar-refractivity contribution >= 4 is 5.97 Å². The van der Waals surface area contributed by atoms with Crippen LogP contribution >= 0.6 is 0 Å². The second-order valence-electron chi connectivity index (χ2n) is 4.14. The second-order valence-corrected chi connectivity index (χ2v) is 4.14. The van der Waals surface area contributed by atoms with Crippen molar-refractivity contribution in [3.63, 3.8) is 0 Å². The van der Waals surface area contributed by atoms with E-state index in [0.29, 0.717) is 17.9 Å². The van der Waals surface area contributed by atoms with Gasteiger partial charge in [0, 0.05) is 13.0 Å². The Morgan fingerprint density at radius 2 is 2.32 bits per heavy atom. The van der Waals surface area contributed by atoms with Gasteiger partial charge in [-0.3, -0.25) is 9.48 Å². The third-order valence-electron chi connectivity index (χ3n) is 2.93. The first-order valence-corrected chi connectivity index (χ1v) is 5.96. The zero-order valence-electron chi connectivity index (χ0n) is 10.5. The summed E-state index contributed by atoms with van der Waals surface area (Å²) in [6, 6.07) is 5.64. The van der Waals surface area contributed by atoms with Gasteiger partial charge in [0.15, 0.2) is 0 Å². The molecule has 0 spiro atoms. The minimum Gasteiger partial charge on any atom is -0.481 e. The summed E-state index contributed by atoms with van der Waals surface area (Å²) in [5.74, 6) is -1.69. The fourth-order valence-corrected chi connectivity index (χ4v) is 1.96. The van der Waals surface area contributed by atoms with E-state index in [0.717, 1.165) is 0 Å². The molecule has 0 fully saturated rings. The van der Waals surface area contributed by atoms with Gasteiger partial charge in [-0.25, -0.2) is 9.37 Å². The van der Waals surface area contributed by atoms with Gasteiger partial charge < -0.3 is 5.11 Å². The smallest absolute Gasteiger partial charge is 0.311 e. The van der Waals surface area contributed by atoms with E-state index in [1.807, 2.05) is 6.92 Å². The first kappa shape index (κ1) is 13.2. The van der Waals surface area contributed by atoms with E-state index in [9.17, 15) is 14.3 Å². The van der Waals surface area contributed by atoms with Gasteiger partial charge in [0.1, 0.15) is 18.0 Å². The van der Waals surface area contributed by atoms with Crippen LogP contribution in [-0.4, -0.2) is 25.8 Å². The summed E-state index contributed by atoms with van der Waals surface area (Å²) in [4.78, 5) is 15.4. The average molecular weight is 263 g/mol. The molecule has 1 aromatic carbocycles. The van der Waals surface area contributed by atoms with Crippen LogP contribution in [0.15, 0.2) is 30.6 Å². The molecule has 2 aromatic rings. The van der Waals surface area contributed by atoms with Gasteiger partial charge in [0.05, 0.1) is 5.92 Å². The van der Waals surface area contributed by atoms with Crippen LogP contribution < -0.4 is 0 Å². The van der Waals surface area contributed by atoms with Crippen molar-refractivity contribution in [1.29, 1.82) is 0 Å². The zero-order chi connectivity index (χ0) is 13.8. The van der Waals surface area contributed by atoms with Gasteiger partial charge in [-0.1, -0.05) is 12.1 Å². The molecular formula is C13H14FN3O2. The van der Waals surface area contributed by atoms with E-state index < -0.39 is 17.7 Å². The summed E-state index contributed by atoms with van der Waals surface area (Å²) in [6.07, 6.45) is 1.58. The van der Waals surface area contributed by atoms with E-state index in [2.05, 4.69) is 10.1 Å². The molecule has 0 saturated heterocycles. The zero-order valence-corrected chi connectivity index (χ0v) is 10.5. The molecule has 19 heavy (non-hydrogen) atoms. The number of hydrogen-bond donors (Lipinski definition) is 1. The molecule has 1 aromatic heterocycles. The molecule has 0 aliphatic heterocycles. The highest BCUT2D eigenvalue weighted by Gasteiger charge is 2.23. The molecule has 0 radical (unpaired) electrons. The summed E-state index contributed by atoms with van der Waals surface area (Å²) in [5.41, 5.74) is 0.429. The number of hydrogen-bond acceptors (Lipinski definition) is 3. The normalized spacial score (nSPS) is 12.3. The Hall–Kier alpha value is -2.24. The molecule has 1 heterocycles. The fraction of sp³-hybridized carbons (Fsp3) is 0.308. The molecule has 100 valence electrons. The highest BCUT2D eigenvalue weighted by molar-refractivity contribution is 5.76. The molecule has 0 aliphatic carbocycles. The number of aromatic nitrogens is 3. The molecular weight excluding hydrogens is 249 g/mol. The Balaban J connectivity index is 2.29. The average Bonchev–Trinajstić information content (AvgIpc) is 2.82. The van der Waals surface area contributed by atoms with Crippen LogP contribution in [0, 0.1) is 5.82 Å². The summed E-state index contributed by atoms with van der Waals surface area (Å²) in [6.45, 7) is 2.51. The van der Waals surface area contributed by atoms with Gasteiger partial charge >= 0.3 is 5.97 Å². The summed E-state index contributed by atoms with van der Waals surface area (Å²) in [5, 5.41) is 13.3. The number of carbonyl (C=O) groups is 1. The van der Waals surface area contributed by atoms with Crippen LogP contribution in [0.2, 0.25) is 0 Å². The SMILES string of the molecule is CCn1ncnc1CC(C(=O)O)c1cccc(F)c1. The van der Waals surface area contributed by atoms with Crippen molar-refractivity contribution in [1.82, 2.24) is 14.8 Å². The number of aliphatic carboxylic acids is 1. The first-order chi connectivity index (χ1) is 9.11. The number of aryl methyl sites for hydroxylation is 1. The standard InChI is InChI=1S/C13H14FN3O2/c1-2-17-12(15-8-16-17)7-11(13(18)19)9-4-3-5-10(14)6-9/h3-6,8,11H,2,7H2,1H3,(H,18,19). The van der Waals surface area contributed by atoms with Crippen LogP contribution in [0.3, 0.4) is 0 Å². The number of nitrogens with zero attached hydrogens (tertiary/aromatic N) is 3. The number of carboxylic acid groups (broad SMARTS) is 1. The number of halogens is 1. The van der Waals surface area contributed by atoms with Gasteiger partial charge in [-0.2, -0.15) is 5.10 Å². The Bertz CT molecular complexity index is 583. The second kappa shape index (κ2) is 5.60. The Labute approximate surface area is 109 Å². The Kier molecular flexibility index (Phi) is 3.89. The third-order valence-corrected chi connectivity index (χ3v) is 2.93. The topological polar surface area (TPSA) is 68.0 Å². The van der Waals surface area contributed by atoms with E-state index >= 15 is 0 Å². The minimum atomic E-state index is -1.00. The minimum absolute atomic E-state index is 0.187. The van der Waals surface area contributed by atoms with E-state index in [-0.39, 0.29) is 6.42 Å². The lowest BCUT2D eigenvalue weighted by atomic mass is 9.95. The highest BCUT2D eigenvalue weighted by Crippen LogP contribution is 2.21. The van der Waals surface area contributed by atoms with Crippen molar-refractivity contribution in [2.45, 2.75) is 25.8 Å². The Morgan fingerprint density at radius 3 is 2.95 bits per heavy atom. The van der Waals surface area contributed by atoms with Gasteiger partial charge in [-0.15, -0.1) is 0 Å². The van der Waals surface area contributed by atoms with Crippen LogP contribution in [-0.2, 0) is 17.8 Å². The monoisotopic (exact) mass is 263 g/mol. The maximum absolute atomic E-state index is 13.2. The highest BCUT2D eigenvalue weighted by atomic mass is 19.1. The lowest BCUT2D eigenvalue weighted by Gasteiger charge is -2.12. The van der Waals surface area contributed by atoms with E-state index in [4.69, 9.17) is 0 Å². The van der Waals surface area contributed by atoms with Crippen molar-refractivity contribution in [3.8, 4) is 0 Å². The van der Waals surface area contributed by atoms with E-state index in [1.165, 1.54) is 24.5 Å². The lowest BCUT2D eigenvalue weighted by Crippen LogP contribution is -2.17. The quantitative estimate of drug-likeness (QED) is 0.893. The molecule has 5 nitrogen and oxygen atoms in total. The molecule has 0 saturated carbocycles. The fourth-order valence-electron chi connectivity index (χ4n) is 1.96. The van der Waals surface area contributed by atoms with E-state index in [1.54, 1.807) is 10.7 Å². The van der Waals surface area contributed by atoms with Crippen LogP contribution in [0.4, 0.5) is 4.39 Å². The number of rotatable bonds is 5. The van der Waals surface area contributed by atoms with Crippen molar-refractivity contribution in [2.75, 3.05) is 0 Å². The van der Waals surface area contributed by atoms with Gasteiger partial charge in [0.2, 0.25) is 0 Å². The molecule has 0 bridgehead atoms. The first-order valence-electron chi connectivity index (χ1n) is 5.96. The number of carboxylic acids is 1. The van der Waals surface area contributed by atoms with Crippen LogP contribution in [0.1, 0.15) is 24.2 Å². The largest absolute Gasteiger partial charge is 0.481 e. The lowest BCUT2D eigenvalue weighted by molar-refractivity contribution is -0.138. The molecule has 2 rings (SSSR count). The summed E-state index contributed by atoms with van der Waals surface area (Å²) in [7, 11) is 0. The molecule has 1 N–H and O–H groups in total. The van der Waals surface area contributed by atoms with Crippen LogP contribution in [0.5, 0.6) is 0 Å². The predicted molar refractivity (Wildman–Crippen MR) is 66.2 cm³/mol. The molecule has 1 atom stereocenters. The molecule has 1 unspecified atom stereocenters. The van der Waals surface area contributed by atoms with Crippen LogP contribution in [0.25, 0.3) is 0 Å². The number of benzene rings is 1. The summed E-state index contributed by atoms with van der Waals surface area (Å²) >= 11 is 0. The molecule has 0 aliphatic rings. The van der Waals surface area contributed by atoms with Crippen molar-refractivity contribution < 1.29 is 14.3 Å². The summed E-state index contributed by atoms with van der Waals surface area (Å²) < 4.78 is 14.8. The maximum Gasteiger partial charge on any atom is 0.311 e.